The van der Waals surface area contributed by atoms with Crippen LogP contribution in [-0.4, -0.2) is 30.0 Å². The van der Waals surface area contributed by atoms with Crippen LogP contribution in [0, 0.1) is 11.8 Å². The SMILES string of the molecule is NNC(=NC1CC1)N(CC1CC1)CC1CC1. The molecule has 0 radical (unpaired) electrons. The van der Waals surface area contributed by atoms with Crippen LogP contribution in [-0.2, 0) is 0 Å². The van der Waals surface area contributed by atoms with Crippen LogP contribution in [0.3, 0.4) is 0 Å². The lowest BCUT2D eigenvalue weighted by Crippen LogP contribution is -2.46. The number of nitrogens with zero attached hydrogens (tertiary/aromatic N) is 2. The van der Waals surface area contributed by atoms with E-state index >= 15 is 0 Å². The minimum atomic E-state index is 0.548. The molecule has 0 spiro atoms. The summed E-state index contributed by atoms with van der Waals surface area (Å²) in [4.78, 5) is 7.07. The summed E-state index contributed by atoms with van der Waals surface area (Å²) in [5, 5.41) is 0. The molecular formula is C12H22N4. The van der Waals surface area contributed by atoms with E-state index in [1.165, 1.54) is 38.5 Å². The molecule has 0 unspecified atom stereocenters. The van der Waals surface area contributed by atoms with E-state index in [2.05, 4.69) is 15.3 Å². The average molecular weight is 222 g/mol. The van der Waals surface area contributed by atoms with Gasteiger partial charge < -0.3 is 4.90 Å². The van der Waals surface area contributed by atoms with Gasteiger partial charge in [0.25, 0.3) is 0 Å². The Morgan fingerprint density at radius 3 is 2.00 bits per heavy atom. The number of nitrogens with two attached hydrogens (primary N) is 1. The Balaban J connectivity index is 1.61. The van der Waals surface area contributed by atoms with Crippen molar-refractivity contribution in [3.8, 4) is 0 Å². The standard InChI is InChI=1S/C12H22N4/c13-15-12(14-11-5-6-11)16(7-9-1-2-9)8-10-3-4-10/h9-11H,1-8,13H2,(H,14,15). The van der Waals surface area contributed by atoms with Gasteiger partial charge in [0.2, 0.25) is 5.96 Å². The maximum atomic E-state index is 5.62. The molecule has 3 aliphatic rings. The van der Waals surface area contributed by atoms with Gasteiger partial charge in [0, 0.05) is 13.1 Å². The summed E-state index contributed by atoms with van der Waals surface area (Å²) in [6, 6.07) is 0.548. The molecule has 16 heavy (non-hydrogen) atoms. The zero-order valence-electron chi connectivity index (χ0n) is 9.86. The molecule has 0 aliphatic heterocycles. The van der Waals surface area contributed by atoms with Crippen LogP contribution in [0.1, 0.15) is 38.5 Å². The maximum Gasteiger partial charge on any atom is 0.208 e. The van der Waals surface area contributed by atoms with Crippen molar-refractivity contribution in [3.63, 3.8) is 0 Å². The molecule has 4 nitrogen and oxygen atoms in total. The number of aliphatic imine (C=N–C) groups is 1. The molecule has 3 N–H and O–H groups in total. The molecule has 0 aromatic carbocycles. The Kier molecular flexibility index (Phi) is 2.75. The average Bonchev–Trinajstić information content (AvgIpc) is 3.13. The molecule has 3 aliphatic carbocycles. The Bertz CT molecular complexity index is 263. The smallest absolute Gasteiger partial charge is 0.208 e. The van der Waals surface area contributed by atoms with E-state index < -0.39 is 0 Å². The van der Waals surface area contributed by atoms with Crippen LogP contribution in [0.4, 0.5) is 0 Å². The van der Waals surface area contributed by atoms with Crippen LogP contribution in [0.25, 0.3) is 0 Å². The van der Waals surface area contributed by atoms with E-state index in [4.69, 9.17) is 5.84 Å². The molecule has 0 amide bonds. The number of hydrazine groups is 1. The van der Waals surface area contributed by atoms with Gasteiger partial charge in [-0.25, -0.2) is 10.8 Å². The van der Waals surface area contributed by atoms with Gasteiger partial charge in [-0.15, -0.1) is 0 Å². The first-order valence-corrected chi connectivity index (χ1v) is 6.64. The Hall–Kier alpha value is -0.770. The fraction of sp³-hybridized carbons (Fsp3) is 0.917. The molecule has 0 saturated heterocycles. The van der Waals surface area contributed by atoms with Gasteiger partial charge in [0.05, 0.1) is 6.04 Å². The monoisotopic (exact) mass is 222 g/mol. The highest BCUT2D eigenvalue weighted by Gasteiger charge is 2.31. The van der Waals surface area contributed by atoms with Crippen LogP contribution in [0.15, 0.2) is 4.99 Å². The van der Waals surface area contributed by atoms with E-state index in [-0.39, 0.29) is 0 Å². The first kappa shape index (κ1) is 10.4. The fourth-order valence-electron chi connectivity index (χ4n) is 2.06. The molecule has 0 aromatic heterocycles. The predicted molar refractivity (Wildman–Crippen MR) is 64.8 cm³/mol. The van der Waals surface area contributed by atoms with E-state index in [9.17, 15) is 0 Å². The molecule has 0 heterocycles. The minimum Gasteiger partial charge on any atom is -0.341 e. The topological polar surface area (TPSA) is 53.6 Å². The van der Waals surface area contributed by atoms with Crippen molar-refractivity contribution >= 4 is 5.96 Å². The summed E-state index contributed by atoms with van der Waals surface area (Å²) in [5.41, 5.74) is 2.82. The molecular weight excluding hydrogens is 200 g/mol. The van der Waals surface area contributed by atoms with E-state index in [0.717, 1.165) is 30.9 Å². The predicted octanol–water partition coefficient (Wildman–Crippen LogP) is 1.09. The van der Waals surface area contributed by atoms with Crippen LogP contribution in [0.2, 0.25) is 0 Å². The Labute approximate surface area is 97.3 Å². The fourth-order valence-corrected chi connectivity index (χ4v) is 2.06. The number of hydrogen-bond acceptors (Lipinski definition) is 2. The van der Waals surface area contributed by atoms with E-state index in [1.54, 1.807) is 0 Å². The van der Waals surface area contributed by atoms with Crippen molar-refractivity contribution < 1.29 is 0 Å². The molecule has 90 valence electrons. The van der Waals surface area contributed by atoms with Gasteiger partial charge in [0.15, 0.2) is 0 Å². The van der Waals surface area contributed by atoms with Crippen LogP contribution < -0.4 is 11.3 Å². The second-order valence-corrected chi connectivity index (χ2v) is 5.62. The number of hydrogen-bond donors (Lipinski definition) is 2. The Morgan fingerprint density at radius 2 is 1.62 bits per heavy atom. The van der Waals surface area contributed by atoms with Gasteiger partial charge in [-0.1, -0.05) is 0 Å². The summed E-state index contributed by atoms with van der Waals surface area (Å²) in [6.45, 7) is 2.32. The maximum absolute atomic E-state index is 5.62. The lowest BCUT2D eigenvalue weighted by molar-refractivity contribution is 0.369. The third kappa shape index (κ3) is 2.88. The zero-order chi connectivity index (χ0) is 11.0. The van der Waals surface area contributed by atoms with Gasteiger partial charge >= 0.3 is 0 Å². The molecule has 3 saturated carbocycles. The number of nitrogens with one attached hydrogen (secondary N) is 1. The van der Waals surface area contributed by atoms with Crippen molar-refractivity contribution in [1.82, 2.24) is 10.3 Å². The van der Waals surface area contributed by atoms with E-state index in [1.807, 2.05) is 0 Å². The number of guanidine groups is 1. The Morgan fingerprint density at radius 1 is 1.06 bits per heavy atom. The summed E-state index contributed by atoms with van der Waals surface area (Å²) in [6.07, 6.45) is 8.05. The summed E-state index contributed by atoms with van der Waals surface area (Å²) >= 11 is 0. The minimum absolute atomic E-state index is 0.548. The summed E-state index contributed by atoms with van der Waals surface area (Å²) in [5.74, 6) is 8.36. The van der Waals surface area contributed by atoms with Crippen molar-refractivity contribution in [2.24, 2.45) is 22.7 Å². The van der Waals surface area contributed by atoms with Crippen LogP contribution in [0.5, 0.6) is 0 Å². The second-order valence-electron chi connectivity index (χ2n) is 5.62. The van der Waals surface area contributed by atoms with Crippen molar-refractivity contribution in [1.29, 1.82) is 0 Å². The largest absolute Gasteiger partial charge is 0.341 e. The van der Waals surface area contributed by atoms with Crippen LogP contribution >= 0.6 is 0 Å². The van der Waals surface area contributed by atoms with E-state index in [0.29, 0.717) is 6.04 Å². The number of rotatable bonds is 5. The first-order chi connectivity index (χ1) is 7.85. The van der Waals surface area contributed by atoms with Gasteiger partial charge in [-0.3, -0.25) is 5.43 Å². The quantitative estimate of drug-likeness (QED) is 0.317. The molecule has 3 rings (SSSR count). The third-order valence-corrected chi connectivity index (χ3v) is 3.63. The molecule has 0 aromatic rings. The highest BCUT2D eigenvalue weighted by Crippen LogP contribution is 2.34. The molecule has 0 atom stereocenters. The normalized spacial score (nSPS) is 25.7. The first-order valence-electron chi connectivity index (χ1n) is 6.64. The highest BCUT2D eigenvalue weighted by molar-refractivity contribution is 5.79. The van der Waals surface area contributed by atoms with Gasteiger partial charge in [-0.05, 0) is 50.4 Å². The third-order valence-electron chi connectivity index (χ3n) is 3.63. The summed E-state index contributed by atoms with van der Waals surface area (Å²) in [7, 11) is 0. The lowest BCUT2D eigenvalue weighted by atomic mass is 10.3. The van der Waals surface area contributed by atoms with Crippen molar-refractivity contribution in [3.05, 3.63) is 0 Å². The zero-order valence-corrected chi connectivity index (χ0v) is 9.86. The highest BCUT2D eigenvalue weighted by atomic mass is 15.4. The van der Waals surface area contributed by atoms with Gasteiger partial charge in [-0.2, -0.15) is 0 Å². The van der Waals surface area contributed by atoms with Crippen molar-refractivity contribution in [2.45, 2.75) is 44.6 Å². The lowest BCUT2D eigenvalue weighted by Gasteiger charge is -2.25. The second kappa shape index (κ2) is 4.24. The molecule has 3 fully saturated rings. The summed E-state index contributed by atoms with van der Waals surface area (Å²) < 4.78 is 0. The van der Waals surface area contributed by atoms with Gasteiger partial charge in [0.1, 0.15) is 0 Å². The molecule has 4 heteroatoms. The van der Waals surface area contributed by atoms with Crippen molar-refractivity contribution in [2.75, 3.05) is 13.1 Å². The molecule has 0 bridgehead atoms.